The molecule has 3 heteroatoms. The van der Waals surface area contributed by atoms with Gasteiger partial charge >= 0.3 is 0 Å². The zero-order valence-corrected chi connectivity index (χ0v) is 22.2. The molecule has 31 heavy (non-hydrogen) atoms. The van der Waals surface area contributed by atoms with E-state index in [1.807, 2.05) is 0 Å². The molecule has 3 saturated carbocycles. The van der Waals surface area contributed by atoms with Crippen molar-refractivity contribution in [3.8, 4) is 0 Å². The van der Waals surface area contributed by atoms with Gasteiger partial charge in [-0.3, -0.25) is 0 Å². The van der Waals surface area contributed by atoms with Crippen LogP contribution in [-0.4, -0.2) is 20.7 Å². The molecule has 3 fully saturated rings. The van der Waals surface area contributed by atoms with Crippen molar-refractivity contribution in [2.45, 2.75) is 110 Å². The van der Waals surface area contributed by atoms with Gasteiger partial charge in [-0.25, -0.2) is 0 Å². The highest BCUT2D eigenvalue weighted by atomic mass is 28.4. The fourth-order valence-electron chi connectivity index (χ4n) is 6.31. The maximum Gasteiger partial charge on any atom is 0.192 e. The number of rotatable bonds is 5. The number of aldehydes is 1. The van der Waals surface area contributed by atoms with Crippen LogP contribution in [0.1, 0.15) is 86.0 Å². The van der Waals surface area contributed by atoms with Crippen molar-refractivity contribution >= 4 is 14.6 Å². The summed E-state index contributed by atoms with van der Waals surface area (Å²) in [6, 6.07) is 0. The van der Waals surface area contributed by atoms with Gasteiger partial charge in [0.25, 0.3) is 0 Å². The van der Waals surface area contributed by atoms with Gasteiger partial charge in [-0.05, 0) is 92.3 Å². The summed E-state index contributed by atoms with van der Waals surface area (Å²) in [5.74, 6) is 1.36. The minimum Gasteiger partial charge on any atom is -0.414 e. The first-order valence-electron chi connectivity index (χ1n) is 12.6. The Morgan fingerprint density at radius 2 is 1.87 bits per heavy atom. The highest BCUT2D eigenvalue weighted by Crippen LogP contribution is 2.59. The standard InChI is InChI=1S/C28H46O2Si/c1-20-11-14-24(30-31(7,8)27(3,4)5)18-23(20)13-12-22-10-9-17-28(6)25(21(2)19-29)15-16-26(22)28/h12-13,19,21,24-26H,1,9-11,14-18H2,2-8H3/t21?,24?,25?,26?,28-/m1/s1. The van der Waals surface area contributed by atoms with Gasteiger partial charge in [0.2, 0.25) is 0 Å². The number of fused-ring (bicyclic) bond motifs is 1. The lowest BCUT2D eigenvalue weighted by molar-refractivity contribution is -0.113. The van der Waals surface area contributed by atoms with Crippen LogP contribution in [0.2, 0.25) is 18.1 Å². The number of hydrogen-bond acceptors (Lipinski definition) is 2. The second kappa shape index (κ2) is 9.13. The average Bonchev–Trinajstić information content (AvgIpc) is 3.04. The van der Waals surface area contributed by atoms with E-state index in [0.29, 0.717) is 23.4 Å². The Labute approximate surface area is 192 Å². The summed E-state index contributed by atoms with van der Waals surface area (Å²) in [5, 5.41) is 0.248. The summed E-state index contributed by atoms with van der Waals surface area (Å²) in [6.07, 6.45) is 15.7. The van der Waals surface area contributed by atoms with Crippen LogP contribution in [0.4, 0.5) is 0 Å². The molecule has 0 N–H and O–H groups in total. The van der Waals surface area contributed by atoms with E-state index in [1.165, 1.54) is 49.5 Å². The molecular formula is C28H46O2Si. The molecule has 0 amide bonds. The Balaban J connectivity index is 1.76. The topological polar surface area (TPSA) is 26.3 Å². The third-order valence-corrected chi connectivity index (χ3v) is 13.9. The Kier molecular flexibility index (Phi) is 7.28. The van der Waals surface area contributed by atoms with Crippen molar-refractivity contribution in [1.82, 2.24) is 0 Å². The van der Waals surface area contributed by atoms with Gasteiger partial charge in [0.1, 0.15) is 6.29 Å². The van der Waals surface area contributed by atoms with E-state index >= 15 is 0 Å². The Bertz CT molecular complexity index is 753. The predicted molar refractivity (Wildman–Crippen MR) is 135 cm³/mol. The van der Waals surface area contributed by atoms with Gasteiger partial charge < -0.3 is 9.22 Å². The molecule has 0 spiro atoms. The number of carbonyl (C=O) groups excluding carboxylic acids is 1. The first-order chi connectivity index (χ1) is 14.4. The van der Waals surface area contributed by atoms with Crippen molar-refractivity contribution < 1.29 is 9.22 Å². The van der Waals surface area contributed by atoms with Gasteiger partial charge in [0.15, 0.2) is 8.32 Å². The molecule has 0 bridgehead atoms. The lowest BCUT2D eigenvalue weighted by atomic mass is 9.61. The van der Waals surface area contributed by atoms with Gasteiger partial charge in [-0.1, -0.05) is 64.5 Å². The van der Waals surface area contributed by atoms with Gasteiger partial charge in [-0.15, -0.1) is 0 Å². The average molecular weight is 443 g/mol. The third-order valence-electron chi connectivity index (χ3n) is 9.32. The lowest BCUT2D eigenvalue weighted by Gasteiger charge is -2.43. The molecule has 174 valence electrons. The third kappa shape index (κ3) is 5.03. The van der Waals surface area contributed by atoms with Crippen LogP contribution in [0.5, 0.6) is 0 Å². The SMILES string of the molecule is C=C1CCC(O[Si](C)(C)C(C)(C)C)CC1=CC=C1CCC[C@@]2(C)C1CCC2C(C)C=O. The molecule has 0 aromatic carbocycles. The van der Waals surface area contributed by atoms with E-state index in [1.54, 1.807) is 5.57 Å². The maximum absolute atomic E-state index is 11.5. The van der Waals surface area contributed by atoms with E-state index in [-0.39, 0.29) is 11.0 Å². The van der Waals surface area contributed by atoms with E-state index in [0.717, 1.165) is 19.3 Å². The smallest absolute Gasteiger partial charge is 0.192 e. The summed E-state index contributed by atoms with van der Waals surface area (Å²) in [5.41, 5.74) is 4.59. The Morgan fingerprint density at radius 1 is 1.16 bits per heavy atom. The maximum atomic E-state index is 11.5. The largest absolute Gasteiger partial charge is 0.414 e. The molecule has 5 atom stereocenters. The minimum atomic E-state index is -1.75. The summed E-state index contributed by atoms with van der Waals surface area (Å²) in [7, 11) is -1.75. The second-order valence-corrected chi connectivity index (χ2v) is 17.1. The fourth-order valence-corrected chi connectivity index (χ4v) is 7.70. The Hall–Kier alpha value is -0.933. The second-order valence-electron chi connectivity index (χ2n) is 12.4. The molecule has 0 radical (unpaired) electrons. The summed E-state index contributed by atoms with van der Waals surface area (Å²) < 4.78 is 6.75. The summed E-state index contributed by atoms with van der Waals surface area (Å²) in [6.45, 7) is 20.7. The molecule has 0 aromatic rings. The normalized spacial score (nSPS) is 36.0. The van der Waals surface area contributed by atoms with Crippen molar-refractivity contribution in [2.24, 2.45) is 23.2 Å². The molecule has 3 rings (SSSR count). The van der Waals surface area contributed by atoms with Gasteiger partial charge in [0, 0.05) is 12.0 Å². The first-order valence-corrected chi connectivity index (χ1v) is 15.5. The predicted octanol–water partition coefficient (Wildman–Crippen LogP) is 8.02. The van der Waals surface area contributed by atoms with E-state index < -0.39 is 8.32 Å². The van der Waals surface area contributed by atoms with Crippen LogP contribution in [0.25, 0.3) is 0 Å². The van der Waals surface area contributed by atoms with Crippen molar-refractivity contribution in [3.63, 3.8) is 0 Å². The molecular weight excluding hydrogens is 396 g/mol. The van der Waals surface area contributed by atoms with Crippen LogP contribution in [-0.2, 0) is 9.22 Å². The van der Waals surface area contributed by atoms with Crippen molar-refractivity contribution in [3.05, 3.63) is 35.5 Å². The van der Waals surface area contributed by atoms with Crippen LogP contribution in [0.15, 0.2) is 35.5 Å². The van der Waals surface area contributed by atoms with Crippen LogP contribution < -0.4 is 0 Å². The van der Waals surface area contributed by atoms with E-state index in [9.17, 15) is 4.79 Å². The van der Waals surface area contributed by atoms with E-state index in [2.05, 4.69) is 66.4 Å². The molecule has 0 aliphatic heterocycles. The summed E-state index contributed by atoms with van der Waals surface area (Å²) in [4.78, 5) is 11.5. The fraction of sp³-hybridized carbons (Fsp3) is 0.750. The Morgan fingerprint density at radius 3 is 2.52 bits per heavy atom. The molecule has 0 saturated heterocycles. The highest BCUT2D eigenvalue weighted by molar-refractivity contribution is 6.74. The zero-order chi connectivity index (χ0) is 23.0. The number of allylic oxidation sites excluding steroid dienone is 4. The van der Waals surface area contributed by atoms with Crippen LogP contribution in [0.3, 0.4) is 0 Å². The zero-order valence-electron chi connectivity index (χ0n) is 21.2. The van der Waals surface area contributed by atoms with Gasteiger partial charge in [-0.2, -0.15) is 0 Å². The lowest BCUT2D eigenvalue weighted by Crippen LogP contribution is -2.44. The first kappa shape index (κ1) is 24.7. The summed E-state index contributed by atoms with van der Waals surface area (Å²) >= 11 is 0. The monoisotopic (exact) mass is 442 g/mol. The van der Waals surface area contributed by atoms with Gasteiger partial charge in [0.05, 0.1) is 0 Å². The molecule has 3 aliphatic carbocycles. The van der Waals surface area contributed by atoms with Crippen LogP contribution >= 0.6 is 0 Å². The van der Waals surface area contributed by atoms with Crippen molar-refractivity contribution in [2.75, 3.05) is 0 Å². The molecule has 0 heterocycles. The number of hydrogen-bond donors (Lipinski definition) is 0. The van der Waals surface area contributed by atoms with Crippen molar-refractivity contribution in [1.29, 1.82) is 0 Å². The molecule has 3 aliphatic rings. The molecule has 2 nitrogen and oxygen atoms in total. The molecule has 0 aromatic heterocycles. The highest BCUT2D eigenvalue weighted by Gasteiger charge is 2.50. The quantitative estimate of drug-likeness (QED) is 0.318. The van der Waals surface area contributed by atoms with E-state index in [4.69, 9.17) is 4.43 Å². The molecule has 4 unspecified atom stereocenters. The number of carbonyl (C=O) groups is 1. The minimum absolute atomic E-state index is 0.180. The van der Waals surface area contributed by atoms with Crippen LogP contribution in [0, 0.1) is 23.2 Å².